The Hall–Kier alpha value is -1.71. The summed E-state index contributed by atoms with van der Waals surface area (Å²) in [5.74, 6) is -0.171. The van der Waals surface area contributed by atoms with Gasteiger partial charge in [0.1, 0.15) is 0 Å². The number of esters is 1. The van der Waals surface area contributed by atoms with E-state index < -0.39 is 5.41 Å². The molecule has 0 amide bonds. The third kappa shape index (κ3) is 2.83. The van der Waals surface area contributed by atoms with E-state index in [0.717, 1.165) is 25.1 Å². The third-order valence-electron chi connectivity index (χ3n) is 3.64. The van der Waals surface area contributed by atoms with Crippen LogP contribution in [0.25, 0.3) is 0 Å². The number of hydrogen-bond acceptors (Lipinski definition) is 4. The summed E-state index contributed by atoms with van der Waals surface area (Å²) in [6.07, 6.45) is 2.14. The molecule has 4 heteroatoms. The van der Waals surface area contributed by atoms with Crippen LogP contribution in [0.1, 0.15) is 25.8 Å². The smallest absolute Gasteiger partial charge is 0.313 e. The second-order valence-corrected chi connectivity index (χ2v) is 5.79. The summed E-state index contributed by atoms with van der Waals surface area (Å²) in [6, 6.07) is 6.01. The van der Waals surface area contributed by atoms with Crippen molar-refractivity contribution in [3.63, 3.8) is 0 Å². The van der Waals surface area contributed by atoms with Gasteiger partial charge in [-0.1, -0.05) is 0 Å². The Bertz CT molecular complexity index is 483. The van der Waals surface area contributed by atoms with Crippen molar-refractivity contribution < 1.29 is 9.53 Å². The molecule has 1 aromatic carbocycles. The molecule has 104 valence electrons. The molecular weight excluding hydrogens is 240 g/mol. The lowest BCUT2D eigenvalue weighted by Gasteiger charge is -2.36. The number of carbonyl (C=O) groups excluding carboxylic acids is 1. The fourth-order valence-electron chi connectivity index (χ4n) is 2.68. The van der Waals surface area contributed by atoms with E-state index in [0.29, 0.717) is 6.54 Å². The average Bonchev–Trinajstić information content (AvgIpc) is 2.37. The SMILES string of the molecule is COC(=O)C(C)(C)CN1CCCc2cc(N)ccc21. The Morgan fingerprint density at radius 2 is 2.21 bits per heavy atom. The summed E-state index contributed by atoms with van der Waals surface area (Å²) >= 11 is 0. The van der Waals surface area contributed by atoms with Crippen LogP contribution in [-0.4, -0.2) is 26.2 Å². The van der Waals surface area contributed by atoms with E-state index in [2.05, 4.69) is 11.0 Å². The Morgan fingerprint density at radius 3 is 2.89 bits per heavy atom. The number of hydrogen-bond donors (Lipinski definition) is 1. The van der Waals surface area contributed by atoms with Crippen LogP contribution >= 0.6 is 0 Å². The maximum atomic E-state index is 11.8. The maximum Gasteiger partial charge on any atom is 0.313 e. The van der Waals surface area contributed by atoms with Gasteiger partial charge in [-0.05, 0) is 50.5 Å². The number of ether oxygens (including phenoxy) is 1. The Morgan fingerprint density at radius 1 is 1.47 bits per heavy atom. The number of carbonyl (C=O) groups is 1. The molecule has 0 bridgehead atoms. The number of anilines is 2. The molecule has 1 aliphatic heterocycles. The summed E-state index contributed by atoms with van der Waals surface area (Å²) in [6.45, 7) is 5.47. The summed E-state index contributed by atoms with van der Waals surface area (Å²) in [4.78, 5) is 14.1. The van der Waals surface area contributed by atoms with Crippen molar-refractivity contribution in [2.24, 2.45) is 5.41 Å². The lowest BCUT2D eigenvalue weighted by molar-refractivity contribution is -0.150. The summed E-state index contributed by atoms with van der Waals surface area (Å²) in [5.41, 5.74) is 8.58. The van der Waals surface area contributed by atoms with Crippen LogP contribution in [0.3, 0.4) is 0 Å². The number of nitrogens with two attached hydrogens (primary N) is 1. The molecule has 0 unspecified atom stereocenters. The van der Waals surface area contributed by atoms with Gasteiger partial charge in [0.2, 0.25) is 0 Å². The normalized spacial score (nSPS) is 15.0. The van der Waals surface area contributed by atoms with Crippen LogP contribution in [0, 0.1) is 5.41 Å². The quantitative estimate of drug-likeness (QED) is 0.670. The molecule has 0 saturated heterocycles. The van der Waals surface area contributed by atoms with Gasteiger partial charge in [0.05, 0.1) is 12.5 Å². The molecule has 0 saturated carbocycles. The zero-order valence-corrected chi connectivity index (χ0v) is 11.9. The van der Waals surface area contributed by atoms with Crippen molar-refractivity contribution in [1.29, 1.82) is 0 Å². The summed E-state index contributed by atoms with van der Waals surface area (Å²) < 4.78 is 4.88. The molecule has 2 N–H and O–H groups in total. The minimum atomic E-state index is -0.509. The van der Waals surface area contributed by atoms with E-state index in [1.807, 2.05) is 26.0 Å². The van der Waals surface area contributed by atoms with Gasteiger partial charge in [0, 0.05) is 24.5 Å². The van der Waals surface area contributed by atoms with Crippen molar-refractivity contribution >= 4 is 17.3 Å². The monoisotopic (exact) mass is 262 g/mol. The summed E-state index contributed by atoms with van der Waals surface area (Å²) in [5, 5.41) is 0. The van der Waals surface area contributed by atoms with Gasteiger partial charge in [0.25, 0.3) is 0 Å². The van der Waals surface area contributed by atoms with Gasteiger partial charge >= 0.3 is 5.97 Å². The molecule has 0 radical (unpaired) electrons. The van der Waals surface area contributed by atoms with Crippen LogP contribution in [0.15, 0.2) is 18.2 Å². The highest BCUT2D eigenvalue weighted by molar-refractivity contribution is 5.77. The molecule has 0 aromatic heterocycles. The highest BCUT2D eigenvalue weighted by Gasteiger charge is 2.32. The van der Waals surface area contributed by atoms with Crippen molar-refractivity contribution in [2.75, 3.05) is 30.8 Å². The number of fused-ring (bicyclic) bond motifs is 1. The number of rotatable bonds is 3. The second kappa shape index (κ2) is 5.11. The molecular formula is C15H22N2O2. The zero-order valence-electron chi connectivity index (χ0n) is 11.9. The number of methoxy groups -OCH3 is 1. The van der Waals surface area contributed by atoms with E-state index >= 15 is 0 Å². The van der Waals surface area contributed by atoms with Crippen LogP contribution in [0.4, 0.5) is 11.4 Å². The molecule has 0 atom stereocenters. The Kier molecular flexibility index (Phi) is 3.69. The van der Waals surface area contributed by atoms with Gasteiger partial charge in [-0.15, -0.1) is 0 Å². The molecule has 1 aromatic rings. The molecule has 4 nitrogen and oxygen atoms in total. The molecule has 0 aliphatic carbocycles. The van der Waals surface area contributed by atoms with Crippen molar-refractivity contribution in [3.05, 3.63) is 23.8 Å². The Balaban J connectivity index is 2.22. The minimum Gasteiger partial charge on any atom is -0.469 e. The predicted molar refractivity (Wildman–Crippen MR) is 77.2 cm³/mol. The Labute approximate surface area is 114 Å². The topological polar surface area (TPSA) is 55.6 Å². The lowest BCUT2D eigenvalue weighted by atomic mass is 9.91. The highest BCUT2D eigenvalue weighted by atomic mass is 16.5. The van der Waals surface area contributed by atoms with E-state index in [1.165, 1.54) is 18.4 Å². The third-order valence-corrected chi connectivity index (χ3v) is 3.64. The molecule has 19 heavy (non-hydrogen) atoms. The van der Waals surface area contributed by atoms with Gasteiger partial charge in [-0.2, -0.15) is 0 Å². The summed E-state index contributed by atoms with van der Waals surface area (Å²) in [7, 11) is 1.44. The first-order chi connectivity index (χ1) is 8.94. The molecule has 0 spiro atoms. The average molecular weight is 262 g/mol. The number of benzene rings is 1. The van der Waals surface area contributed by atoms with E-state index in [-0.39, 0.29) is 5.97 Å². The number of aryl methyl sites for hydroxylation is 1. The van der Waals surface area contributed by atoms with Crippen molar-refractivity contribution in [2.45, 2.75) is 26.7 Å². The largest absolute Gasteiger partial charge is 0.469 e. The van der Waals surface area contributed by atoms with Crippen LogP contribution in [0.5, 0.6) is 0 Å². The van der Waals surface area contributed by atoms with E-state index in [9.17, 15) is 4.79 Å². The van der Waals surface area contributed by atoms with Crippen molar-refractivity contribution in [3.8, 4) is 0 Å². The number of nitrogen functional groups attached to an aromatic ring is 1. The van der Waals surface area contributed by atoms with Gasteiger partial charge in [-0.3, -0.25) is 4.79 Å². The minimum absolute atomic E-state index is 0.171. The molecule has 0 fully saturated rings. The predicted octanol–water partition coefficient (Wildman–Crippen LogP) is 2.22. The highest BCUT2D eigenvalue weighted by Crippen LogP contribution is 2.31. The first-order valence-electron chi connectivity index (χ1n) is 6.66. The molecule has 1 heterocycles. The zero-order chi connectivity index (χ0) is 14.0. The first-order valence-corrected chi connectivity index (χ1v) is 6.66. The second-order valence-electron chi connectivity index (χ2n) is 5.79. The fourth-order valence-corrected chi connectivity index (χ4v) is 2.68. The lowest BCUT2D eigenvalue weighted by Crippen LogP contribution is -2.42. The van der Waals surface area contributed by atoms with E-state index in [1.54, 1.807) is 0 Å². The standard InChI is InChI=1S/C15H22N2O2/c1-15(2,14(18)19-3)10-17-8-4-5-11-9-12(16)6-7-13(11)17/h6-7,9H,4-5,8,10,16H2,1-3H3. The van der Waals surface area contributed by atoms with E-state index in [4.69, 9.17) is 10.5 Å². The maximum absolute atomic E-state index is 11.8. The first kappa shape index (κ1) is 13.7. The number of nitrogens with zero attached hydrogens (tertiary/aromatic N) is 1. The van der Waals surface area contributed by atoms with Gasteiger partial charge in [-0.25, -0.2) is 0 Å². The van der Waals surface area contributed by atoms with Crippen LogP contribution in [0.2, 0.25) is 0 Å². The van der Waals surface area contributed by atoms with Crippen molar-refractivity contribution in [1.82, 2.24) is 0 Å². The van der Waals surface area contributed by atoms with Gasteiger partial charge in [0.15, 0.2) is 0 Å². The van der Waals surface area contributed by atoms with Gasteiger partial charge < -0.3 is 15.4 Å². The van der Waals surface area contributed by atoms with Crippen LogP contribution in [-0.2, 0) is 16.0 Å². The fraction of sp³-hybridized carbons (Fsp3) is 0.533. The van der Waals surface area contributed by atoms with Crippen LogP contribution < -0.4 is 10.6 Å². The molecule has 2 rings (SSSR count). The molecule has 1 aliphatic rings.